The number of hydrogen-bond acceptors (Lipinski definition) is 4. The van der Waals surface area contributed by atoms with E-state index in [-0.39, 0.29) is 11.7 Å². The van der Waals surface area contributed by atoms with Crippen molar-refractivity contribution in [1.82, 2.24) is 14.8 Å². The van der Waals surface area contributed by atoms with Crippen LogP contribution < -0.4 is 5.32 Å². The summed E-state index contributed by atoms with van der Waals surface area (Å²) in [5, 5.41) is 6.84. The zero-order valence-electron chi connectivity index (χ0n) is 12.4. The molecule has 0 aliphatic rings. The highest BCUT2D eigenvalue weighted by molar-refractivity contribution is 6.04. The highest BCUT2D eigenvalue weighted by Crippen LogP contribution is 2.12. The first-order chi connectivity index (χ1) is 11.1. The fourth-order valence-electron chi connectivity index (χ4n) is 2.05. The first kappa shape index (κ1) is 14.6. The van der Waals surface area contributed by atoms with E-state index < -0.39 is 0 Å². The van der Waals surface area contributed by atoms with E-state index in [0.717, 1.165) is 0 Å². The molecule has 0 unspecified atom stereocenters. The number of ketones is 1. The van der Waals surface area contributed by atoms with Gasteiger partial charge in [0.15, 0.2) is 11.6 Å². The Hall–Kier alpha value is -3.28. The fraction of sp³-hybridized carbons (Fsp3) is 0.0588. The Kier molecular flexibility index (Phi) is 3.97. The second-order valence-corrected chi connectivity index (χ2v) is 4.94. The van der Waals surface area contributed by atoms with E-state index >= 15 is 0 Å². The molecule has 6 nitrogen and oxygen atoms in total. The van der Waals surface area contributed by atoms with Crippen LogP contribution in [0.3, 0.4) is 0 Å². The van der Waals surface area contributed by atoms with E-state index in [1.807, 2.05) is 0 Å². The van der Waals surface area contributed by atoms with Gasteiger partial charge < -0.3 is 5.32 Å². The van der Waals surface area contributed by atoms with Crippen LogP contribution in [0.2, 0.25) is 0 Å². The number of carbonyl (C=O) groups is 2. The van der Waals surface area contributed by atoms with Crippen molar-refractivity contribution in [3.8, 4) is 5.82 Å². The van der Waals surface area contributed by atoms with Crippen LogP contribution in [0.5, 0.6) is 0 Å². The molecule has 0 aliphatic carbocycles. The number of hydrogen-bond donors (Lipinski definition) is 1. The zero-order chi connectivity index (χ0) is 16.2. The minimum Gasteiger partial charge on any atom is -0.322 e. The number of rotatable bonds is 4. The topological polar surface area (TPSA) is 76.9 Å². The Morgan fingerprint density at radius 1 is 1.04 bits per heavy atom. The molecule has 0 bridgehead atoms. The van der Waals surface area contributed by atoms with Crippen molar-refractivity contribution in [1.29, 1.82) is 0 Å². The van der Waals surface area contributed by atoms with Crippen LogP contribution in [0.4, 0.5) is 5.69 Å². The van der Waals surface area contributed by atoms with Gasteiger partial charge >= 0.3 is 0 Å². The number of Topliss-reactive ketones (excluding diaryl/α,β-unsaturated/α-hetero) is 1. The molecule has 0 fully saturated rings. The van der Waals surface area contributed by atoms with Crippen molar-refractivity contribution < 1.29 is 9.59 Å². The van der Waals surface area contributed by atoms with E-state index in [1.54, 1.807) is 59.5 Å². The molecule has 0 radical (unpaired) electrons. The van der Waals surface area contributed by atoms with E-state index in [1.165, 1.54) is 13.1 Å². The van der Waals surface area contributed by atoms with Crippen LogP contribution in [0.1, 0.15) is 27.6 Å². The summed E-state index contributed by atoms with van der Waals surface area (Å²) >= 11 is 0. The van der Waals surface area contributed by atoms with Gasteiger partial charge in [-0.3, -0.25) is 9.59 Å². The third kappa shape index (κ3) is 3.32. The van der Waals surface area contributed by atoms with Crippen molar-refractivity contribution >= 4 is 17.4 Å². The SMILES string of the molecule is CC(=O)c1ccc(NC(=O)c2ccc(-n3cccn3)nc2)cc1. The average molecular weight is 306 g/mol. The lowest BCUT2D eigenvalue weighted by Gasteiger charge is -2.06. The van der Waals surface area contributed by atoms with Crippen LogP contribution in [0.25, 0.3) is 5.82 Å². The molecule has 3 rings (SSSR count). The van der Waals surface area contributed by atoms with Crippen molar-refractivity contribution in [2.24, 2.45) is 0 Å². The van der Waals surface area contributed by atoms with Gasteiger partial charge in [-0.25, -0.2) is 9.67 Å². The van der Waals surface area contributed by atoms with E-state index in [4.69, 9.17) is 0 Å². The standard InChI is InChI=1S/C17H14N4O2/c1-12(22)13-3-6-15(7-4-13)20-17(23)14-5-8-16(18-11-14)21-10-2-9-19-21/h2-11H,1H3,(H,20,23). The smallest absolute Gasteiger partial charge is 0.257 e. The summed E-state index contributed by atoms with van der Waals surface area (Å²) < 4.78 is 1.61. The Bertz CT molecular complexity index is 822. The molecule has 2 aromatic heterocycles. The van der Waals surface area contributed by atoms with Gasteiger partial charge in [0.2, 0.25) is 0 Å². The third-order valence-corrected chi connectivity index (χ3v) is 3.30. The van der Waals surface area contributed by atoms with Gasteiger partial charge in [-0.05, 0) is 49.4 Å². The van der Waals surface area contributed by atoms with Crippen LogP contribution in [0, 0.1) is 0 Å². The van der Waals surface area contributed by atoms with Gasteiger partial charge in [-0.2, -0.15) is 5.10 Å². The molecule has 23 heavy (non-hydrogen) atoms. The summed E-state index contributed by atoms with van der Waals surface area (Å²) in [6.07, 6.45) is 4.93. The van der Waals surface area contributed by atoms with Crippen LogP contribution in [-0.2, 0) is 0 Å². The van der Waals surface area contributed by atoms with E-state index in [9.17, 15) is 9.59 Å². The predicted octanol–water partition coefficient (Wildman–Crippen LogP) is 2.72. The van der Waals surface area contributed by atoms with Crippen molar-refractivity contribution in [2.75, 3.05) is 5.32 Å². The first-order valence-corrected chi connectivity index (χ1v) is 7.02. The van der Waals surface area contributed by atoms with E-state index in [0.29, 0.717) is 22.6 Å². The number of aromatic nitrogens is 3. The summed E-state index contributed by atoms with van der Waals surface area (Å²) in [5.74, 6) is 0.360. The van der Waals surface area contributed by atoms with Crippen molar-refractivity contribution in [3.63, 3.8) is 0 Å². The van der Waals surface area contributed by atoms with E-state index in [2.05, 4.69) is 15.4 Å². The molecular formula is C17H14N4O2. The molecule has 0 spiro atoms. The molecule has 0 saturated carbocycles. The molecular weight excluding hydrogens is 292 g/mol. The average Bonchev–Trinajstić information content (AvgIpc) is 3.10. The van der Waals surface area contributed by atoms with Gasteiger partial charge in [-0.1, -0.05) is 0 Å². The minimum absolute atomic E-state index is 0.0127. The molecule has 6 heteroatoms. The number of benzene rings is 1. The summed E-state index contributed by atoms with van der Waals surface area (Å²) in [6.45, 7) is 1.50. The number of carbonyl (C=O) groups excluding carboxylic acids is 2. The summed E-state index contributed by atoms with van der Waals surface area (Å²) in [4.78, 5) is 27.6. The highest BCUT2D eigenvalue weighted by Gasteiger charge is 2.08. The van der Waals surface area contributed by atoms with Crippen LogP contribution in [0.15, 0.2) is 61.1 Å². The highest BCUT2D eigenvalue weighted by atomic mass is 16.1. The predicted molar refractivity (Wildman–Crippen MR) is 85.8 cm³/mol. The van der Waals surface area contributed by atoms with Gasteiger partial charge in [0.1, 0.15) is 0 Å². The molecule has 1 aromatic carbocycles. The van der Waals surface area contributed by atoms with Crippen LogP contribution in [-0.4, -0.2) is 26.5 Å². The lowest BCUT2D eigenvalue weighted by atomic mass is 10.1. The molecule has 0 saturated heterocycles. The molecule has 114 valence electrons. The molecule has 0 atom stereocenters. The van der Waals surface area contributed by atoms with Crippen molar-refractivity contribution in [3.05, 3.63) is 72.2 Å². The Morgan fingerprint density at radius 3 is 2.35 bits per heavy atom. The lowest BCUT2D eigenvalue weighted by molar-refractivity contribution is 0.101. The molecule has 0 aliphatic heterocycles. The Balaban J connectivity index is 1.71. The quantitative estimate of drug-likeness (QED) is 0.752. The molecule has 1 amide bonds. The minimum atomic E-state index is -0.264. The summed E-state index contributed by atoms with van der Waals surface area (Å²) in [7, 11) is 0. The molecule has 2 heterocycles. The molecule has 3 aromatic rings. The number of amides is 1. The summed E-state index contributed by atoms with van der Waals surface area (Å²) in [5.41, 5.74) is 1.67. The zero-order valence-corrected chi connectivity index (χ0v) is 12.4. The second-order valence-electron chi connectivity index (χ2n) is 4.94. The number of nitrogens with zero attached hydrogens (tertiary/aromatic N) is 3. The normalized spacial score (nSPS) is 10.3. The monoisotopic (exact) mass is 306 g/mol. The first-order valence-electron chi connectivity index (χ1n) is 7.02. The second kappa shape index (κ2) is 6.23. The fourth-order valence-corrected chi connectivity index (χ4v) is 2.05. The Morgan fingerprint density at radius 2 is 1.78 bits per heavy atom. The maximum Gasteiger partial charge on any atom is 0.257 e. The lowest BCUT2D eigenvalue weighted by Crippen LogP contribution is -2.12. The van der Waals surface area contributed by atoms with Gasteiger partial charge in [0.05, 0.1) is 5.56 Å². The number of nitrogens with one attached hydrogen (secondary N) is 1. The third-order valence-electron chi connectivity index (χ3n) is 3.30. The largest absolute Gasteiger partial charge is 0.322 e. The molecule has 1 N–H and O–H groups in total. The van der Waals surface area contributed by atoms with Gasteiger partial charge in [-0.15, -0.1) is 0 Å². The Labute approximate surface area is 132 Å². The van der Waals surface area contributed by atoms with Crippen molar-refractivity contribution in [2.45, 2.75) is 6.92 Å². The number of anilines is 1. The maximum atomic E-state index is 12.2. The van der Waals surface area contributed by atoms with Gasteiger partial charge in [0, 0.05) is 29.8 Å². The van der Waals surface area contributed by atoms with Crippen LogP contribution >= 0.6 is 0 Å². The maximum absolute atomic E-state index is 12.2. The summed E-state index contributed by atoms with van der Waals surface area (Å²) in [6, 6.07) is 11.9. The number of pyridine rings is 1. The van der Waals surface area contributed by atoms with Gasteiger partial charge in [0.25, 0.3) is 5.91 Å².